The van der Waals surface area contributed by atoms with Crippen molar-refractivity contribution in [2.45, 2.75) is 32.4 Å². The van der Waals surface area contributed by atoms with E-state index in [2.05, 4.69) is 0 Å². The second-order valence-electron chi connectivity index (χ2n) is 5.00. The van der Waals surface area contributed by atoms with Crippen molar-refractivity contribution in [3.63, 3.8) is 0 Å². The minimum absolute atomic E-state index is 0.114. The first-order valence-corrected chi connectivity index (χ1v) is 7.62. The lowest BCUT2D eigenvalue weighted by Gasteiger charge is -2.25. The summed E-state index contributed by atoms with van der Waals surface area (Å²) in [5.41, 5.74) is 0.997. The summed E-state index contributed by atoms with van der Waals surface area (Å²) in [5.74, 6) is 0.317. The molecule has 2 nitrogen and oxygen atoms in total. The van der Waals surface area contributed by atoms with Gasteiger partial charge in [0.15, 0.2) is 0 Å². The van der Waals surface area contributed by atoms with E-state index in [1.165, 1.54) is 0 Å². The SMILES string of the molecule is CC(CCl)C(=O)N(Cc1ccc(Cl)c(Cl)c1)C1CC1. The smallest absolute Gasteiger partial charge is 0.227 e. The van der Waals surface area contributed by atoms with Crippen molar-refractivity contribution < 1.29 is 4.79 Å². The molecule has 1 aromatic carbocycles. The van der Waals surface area contributed by atoms with Crippen LogP contribution < -0.4 is 0 Å². The Morgan fingerprint density at radius 1 is 1.37 bits per heavy atom. The predicted octanol–water partition coefficient (Wildman–Crippen LogP) is 4.36. The monoisotopic (exact) mass is 319 g/mol. The molecule has 1 unspecified atom stereocenters. The molecule has 0 N–H and O–H groups in total. The van der Waals surface area contributed by atoms with E-state index in [1.807, 2.05) is 24.0 Å². The molecule has 2 rings (SSSR count). The molecule has 0 radical (unpaired) electrons. The Morgan fingerprint density at radius 2 is 2.05 bits per heavy atom. The van der Waals surface area contributed by atoms with E-state index < -0.39 is 0 Å². The van der Waals surface area contributed by atoms with Gasteiger partial charge in [0, 0.05) is 24.4 Å². The Morgan fingerprint density at radius 3 is 2.58 bits per heavy atom. The molecule has 1 amide bonds. The Balaban J connectivity index is 2.12. The molecule has 0 saturated heterocycles. The highest BCUT2D eigenvalue weighted by atomic mass is 35.5. The molecule has 1 fully saturated rings. The predicted molar refractivity (Wildman–Crippen MR) is 79.9 cm³/mol. The summed E-state index contributed by atoms with van der Waals surface area (Å²) in [5, 5.41) is 1.05. The van der Waals surface area contributed by atoms with Crippen LogP contribution in [0.1, 0.15) is 25.3 Å². The molecule has 104 valence electrons. The summed E-state index contributed by atoms with van der Waals surface area (Å²) in [6.45, 7) is 2.43. The summed E-state index contributed by atoms with van der Waals surface area (Å²) in [7, 11) is 0. The number of amides is 1. The van der Waals surface area contributed by atoms with Gasteiger partial charge < -0.3 is 4.90 Å². The highest BCUT2D eigenvalue weighted by Gasteiger charge is 2.34. The molecule has 1 atom stereocenters. The van der Waals surface area contributed by atoms with E-state index in [0.29, 0.717) is 28.5 Å². The molecule has 1 aliphatic carbocycles. The van der Waals surface area contributed by atoms with Crippen LogP contribution in [0.15, 0.2) is 18.2 Å². The van der Waals surface area contributed by atoms with Crippen molar-refractivity contribution in [2.24, 2.45) is 5.92 Å². The first-order chi connectivity index (χ1) is 9.02. The van der Waals surface area contributed by atoms with Crippen molar-refractivity contribution in [2.75, 3.05) is 5.88 Å². The third kappa shape index (κ3) is 3.77. The second-order valence-corrected chi connectivity index (χ2v) is 6.12. The lowest BCUT2D eigenvalue weighted by Crippen LogP contribution is -2.37. The van der Waals surface area contributed by atoms with Gasteiger partial charge in [0.05, 0.1) is 10.0 Å². The van der Waals surface area contributed by atoms with Gasteiger partial charge in [-0.3, -0.25) is 4.79 Å². The highest BCUT2D eigenvalue weighted by Crippen LogP contribution is 2.31. The third-order valence-electron chi connectivity index (χ3n) is 3.26. The topological polar surface area (TPSA) is 20.3 Å². The van der Waals surface area contributed by atoms with Gasteiger partial charge in [0.25, 0.3) is 0 Å². The van der Waals surface area contributed by atoms with Gasteiger partial charge in [0.1, 0.15) is 0 Å². The van der Waals surface area contributed by atoms with Crippen LogP contribution in [0.5, 0.6) is 0 Å². The number of hydrogen-bond donors (Lipinski definition) is 0. The zero-order valence-electron chi connectivity index (χ0n) is 10.7. The van der Waals surface area contributed by atoms with Crippen molar-refractivity contribution in [3.8, 4) is 0 Å². The molecule has 0 heterocycles. The van der Waals surface area contributed by atoms with Crippen molar-refractivity contribution >= 4 is 40.7 Å². The van der Waals surface area contributed by atoms with Gasteiger partial charge in [-0.1, -0.05) is 36.2 Å². The summed E-state index contributed by atoms with van der Waals surface area (Å²) in [6, 6.07) is 5.84. The molecule has 1 aromatic rings. The summed E-state index contributed by atoms with van der Waals surface area (Å²) >= 11 is 17.7. The minimum atomic E-state index is -0.148. The average Bonchev–Trinajstić information content (AvgIpc) is 3.22. The third-order valence-corrected chi connectivity index (χ3v) is 4.46. The number of alkyl halides is 1. The van der Waals surface area contributed by atoms with E-state index in [-0.39, 0.29) is 11.8 Å². The van der Waals surface area contributed by atoms with Crippen LogP contribution in [-0.2, 0) is 11.3 Å². The number of hydrogen-bond acceptors (Lipinski definition) is 1. The largest absolute Gasteiger partial charge is 0.335 e. The van der Waals surface area contributed by atoms with Crippen LogP contribution in [0.25, 0.3) is 0 Å². The fraction of sp³-hybridized carbons (Fsp3) is 0.500. The molecule has 5 heteroatoms. The van der Waals surface area contributed by atoms with Crippen LogP contribution >= 0.6 is 34.8 Å². The van der Waals surface area contributed by atoms with E-state index >= 15 is 0 Å². The van der Waals surface area contributed by atoms with Gasteiger partial charge in [-0.05, 0) is 30.5 Å². The van der Waals surface area contributed by atoms with Gasteiger partial charge in [0.2, 0.25) is 5.91 Å². The van der Waals surface area contributed by atoms with Crippen LogP contribution in [-0.4, -0.2) is 22.7 Å². The van der Waals surface area contributed by atoms with Gasteiger partial charge in [-0.15, -0.1) is 11.6 Å². The molecule has 0 aromatic heterocycles. The van der Waals surface area contributed by atoms with Crippen molar-refractivity contribution in [3.05, 3.63) is 33.8 Å². The van der Waals surface area contributed by atoms with Crippen molar-refractivity contribution in [1.29, 1.82) is 0 Å². The Bertz CT molecular complexity index is 474. The van der Waals surface area contributed by atoms with E-state index in [0.717, 1.165) is 18.4 Å². The molecule has 0 spiro atoms. The molecule has 1 aliphatic rings. The summed E-state index contributed by atoms with van der Waals surface area (Å²) in [6.07, 6.45) is 2.14. The number of carbonyl (C=O) groups excluding carboxylic acids is 1. The normalized spacial score (nSPS) is 16.2. The number of benzene rings is 1. The molecule has 1 saturated carbocycles. The molecular weight excluding hydrogens is 305 g/mol. The maximum atomic E-state index is 12.3. The van der Waals surface area contributed by atoms with E-state index in [1.54, 1.807) is 6.07 Å². The van der Waals surface area contributed by atoms with Crippen LogP contribution in [0.3, 0.4) is 0 Å². The molecule has 0 bridgehead atoms. The quantitative estimate of drug-likeness (QED) is 0.738. The zero-order chi connectivity index (χ0) is 14.0. The Labute approximate surface area is 128 Å². The van der Waals surface area contributed by atoms with Gasteiger partial charge >= 0.3 is 0 Å². The number of rotatable bonds is 5. The lowest BCUT2D eigenvalue weighted by atomic mass is 10.1. The van der Waals surface area contributed by atoms with Gasteiger partial charge in [-0.25, -0.2) is 0 Å². The highest BCUT2D eigenvalue weighted by molar-refractivity contribution is 6.42. The first-order valence-electron chi connectivity index (χ1n) is 6.33. The van der Waals surface area contributed by atoms with E-state index in [4.69, 9.17) is 34.8 Å². The Kier molecular flexibility index (Phi) is 4.99. The fourth-order valence-corrected chi connectivity index (χ4v) is 2.41. The lowest BCUT2D eigenvalue weighted by molar-refractivity contribution is -0.135. The summed E-state index contributed by atoms with van der Waals surface area (Å²) in [4.78, 5) is 14.2. The standard InChI is InChI=1S/C14H16Cl3NO/c1-9(7-15)14(19)18(11-3-4-11)8-10-2-5-12(16)13(17)6-10/h2,5-6,9,11H,3-4,7-8H2,1H3. The summed E-state index contributed by atoms with van der Waals surface area (Å²) < 4.78 is 0. The Hall–Kier alpha value is -0.440. The average molecular weight is 321 g/mol. The molecule has 19 heavy (non-hydrogen) atoms. The second kappa shape index (κ2) is 6.34. The van der Waals surface area contributed by atoms with Crippen molar-refractivity contribution in [1.82, 2.24) is 4.90 Å². The fourth-order valence-electron chi connectivity index (χ4n) is 1.96. The van der Waals surface area contributed by atoms with Crippen LogP contribution in [0.2, 0.25) is 10.0 Å². The molecular formula is C14H16Cl3NO. The zero-order valence-corrected chi connectivity index (χ0v) is 13.0. The maximum absolute atomic E-state index is 12.3. The minimum Gasteiger partial charge on any atom is -0.335 e. The van der Waals surface area contributed by atoms with E-state index in [9.17, 15) is 4.79 Å². The van der Waals surface area contributed by atoms with Crippen LogP contribution in [0, 0.1) is 5.92 Å². The number of nitrogens with zero attached hydrogens (tertiary/aromatic N) is 1. The molecule has 0 aliphatic heterocycles. The number of halogens is 3. The number of carbonyl (C=O) groups is 1. The van der Waals surface area contributed by atoms with Crippen LogP contribution in [0.4, 0.5) is 0 Å². The van der Waals surface area contributed by atoms with Gasteiger partial charge in [-0.2, -0.15) is 0 Å². The maximum Gasteiger partial charge on any atom is 0.227 e. The first kappa shape index (κ1) is 15.0.